The molecule has 0 aliphatic rings. The van der Waals surface area contributed by atoms with Crippen molar-refractivity contribution in [1.29, 1.82) is 0 Å². The molecule has 1 aromatic rings. The van der Waals surface area contributed by atoms with E-state index in [1.54, 1.807) is 6.07 Å². The summed E-state index contributed by atoms with van der Waals surface area (Å²) in [6.07, 6.45) is -1.24. The lowest BCUT2D eigenvalue weighted by Crippen LogP contribution is -2.51. The molecule has 1 aromatic carbocycles. The molecule has 6 nitrogen and oxygen atoms in total. The summed E-state index contributed by atoms with van der Waals surface area (Å²) in [5.74, 6) is -0.448. The molecule has 0 saturated heterocycles. The number of aryl methyl sites for hydroxylation is 1. The Bertz CT molecular complexity index is 584. The molecule has 0 fully saturated rings. The van der Waals surface area contributed by atoms with Crippen LogP contribution in [0.3, 0.4) is 0 Å². The number of benzene rings is 1. The van der Waals surface area contributed by atoms with Gasteiger partial charge in [-0.1, -0.05) is 42.8 Å². The first-order valence-electron chi connectivity index (χ1n) is 7.22. The number of nitrogens with zero attached hydrogens (tertiary/aromatic N) is 1. The van der Waals surface area contributed by atoms with Crippen molar-refractivity contribution < 1.29 is 19.8 Å². The van der Waals surface area contributed by atoms with Gasteiger partial charge < -0.3 is 15.5 Å². The van der Waals surface area contributed by atoms with Gasteiger partial charge >= 0.3 is 6.09 Å². The average Bonchev–Trinajstić information content (AvgIpc) is 2.41. The fraction of sp³-hybridized carbons (Fsp3) is 0.500. The molecule has 23 heavy (non-hydrogen) atoms. The first-order chi connectivity index (χ1) is 10.6. The fourth-order valence-corrected chi connectivity index (χ4v) is 2.59. The zero-order valence-electron chi connectivity index (χ0n) is 13.8. The highest BCUT2D eigenvalue weighted by Crippen LogP contribution is 2.25. The number of hydrogen-bond donors (Lipinski definition) is 3. The molecule has 0 saturated carbocycles. The number of carbonyl (C=O) groups is 2. The SMILES string of the molecule is Cc1ccc(Br)cc1NC(=O)CN(C(=O)O)C(CO)C(C)(C)C. The summed E-state index contributed by atoms with van der Waals surface area (Å²) < 4.78 is 0.816. The van der Waals surface area contributed by atoms with Crippen LogP contribution < -0.4 is 5.32 Å². The van der Waals surface area contributed by atoms with Crippen LogP contribution in [0, 0.1) is 12.3 Å². The third-order valence-electron chi connectivity index (χ3n) is 3.58. The zero-order chi connectivity index (χ0) is 17.8. The minimum Gasteiger partial charge on any atom is -0.465 e. The molecular weight excluding hydrogens is 364 g/mol. The van der Waals surface area contributed by atoms with Gasteiger partial charge in [-0.15, -0.1) is 0 Å². The van der Waals surface area contributed by atoms with Crippen molar-refractivity contribution >= 4 is 33.6 Å². The molecule has 0 bridgehead atoms. The van der Waals surface area contributed by atoms with E-state index in [-0.39, 0.29) is 13.2 Å². The Morgan fingerprint density at radius 3 is 2.43 bits per heavy atom. The first-order valence-corrected chi connectivity index (χ1v) is 8.02. The second kappa shape index (κ2) is 7.79. The zero-order valence-corrected chi connectivity index (χ0v) is 15.3. The molecule has 1 rings (SSSR count). The number of aliphatic hydroxyl groups excluding tert-OH is 1. The summed E-state index contributed by atoms with van der Waals surface area (Å²) in [5.41, 5.74) is 1.00. The Morgan fingerprint density at radius 1 is 1.35 bits per heavy atom. The van der Waals surface area contributed by atoms with Gasteiger partial charge in [-0.25, -0.2) is 4.79 Å². The van der Waals surface area contributed by atoms with E-state index < -0.39 is 23.5 Å². The van der Waals surface area contributed by atoms with Crippen LogP contribution in [-0.4, -0.2) is 46.3 Å². The highest BCUT2D eigenvalue weighted by atomic mass is 79.9. The van der Waals surface area contributed by atoms with Crippen molar-refractivity contribution in [3.8, 4) is 0 Å². The lowest BCUT2D eigenvalue weighted by atomic mass is 9.86. The lowest BCUT2D eigenvalue weighted by molar-refractivity contribution is -0.118. The van der Waals surface area contributed by atoms with E-state index in [0.29, 0.717) is 5.69 Å². The van der Waals surface area contributed by atoms with Gasteiger partial charge in [0, 0.05) is 10.2 Å². The van der Waals surface area contributed by atoms with Crippen molar-refractivity contribution in [3.63, 3.8) is 0 Å². The van der Waals surface area contributed by atoms with E-state index in [1.165, 1.54) is 0 Å². The third-order valence-corrected chi connectivity index (χ3v) is 4.08. The Hall–Kier alpha value is -1.60. The molecule has 1 atom stereocenters. The van der Waals surface area contributed by atoms with Crippen molar-refractivity contribution in [1.82, 2.24) is 4.90 Å². The number of aliphatic hydroxyl groups is 1. The number of amides is 2. The number of carboxylic acid groups (broad SMARTS) is 1. The van der Waals surface area contributed by atoms with Crippen molar-refractivity contribution in [2.45, 2.75) is 33.7 Å². The molecule has 2 amide bonds. The molecule has 128 valence electrons. The molecule has 0 radical (unpaired) electrons. The topological polar surface area (TPSA) is 89.9 Å². The highest BCUT2D eigenvalue weighted by molar-refractivity contribution is 9.10. The summed E-state index contributed by atoms with van der Waals surface area (Å²) >= 11 is 3.33. The molecule has 3 N–H and O–H groups in total. The van der Waals surface area contributed by atoms with Crippen molar-refractivity contribution in [2.24, 2.45) is 5.41 Å². The van der Waals surface area contributed by atoms with E-state index in [9.17, 15) is 19.8 Å². The standard InChI is InChI=1S/C16H23BrN2O4/c1-10-5-6-11(17)7-12(10)18-14(21)8-19(15(22)23)13(9-20)16(2,3)4/h5-7,13,20H,8-9H2,1-4H3,(H,18,21)(H,22,23). The molecular formula is C16H23BrN2O4. The van der Waals surface area contributed by atoms with Gasteiger partial charge in [0.2, 0.25) is 5.91 Å². The average molecular weight is 387 g/mol. The van der Waals surface area contributed by atoms with Gasteiger partial charge in [0.15, 0.2) is 0 Å². The summed E-state index contributed by atoms with van der Waals surface area (Å²) in [5, 5.41) is 21.6. The largest absolute Gasteiger partial charge is 0.465 e. The van der Waals surface area contributed by atoms with Crippen LogP contribution >= 0.6 is 15.9 Å². The van der Waals surface area contributed by atoms with E-state index >= 15 is 0 Å². The fourth-order valence-electron chi connectivity index (χ4n) is 2.22. The van der Waals surface area contributed by atoms with E-state index in [1.807, 2.05) is 39.8 Å². The molecule has 0 heterocycles. The van der Waals surface area contributed by atoms with Gasteiger partial charge in [-0.05, 0) is 30.0 Å². The third kappa shape index (κ3) is 5.51. The van der Waals surface area contributed by atoms with Crippen LogP contribution in [0.25, 0.3) is 0 Å². The van der Waals surface area contributed by atoms with Gasteiger partial charge in [0.25, 0.3) is 0 Å². The number of hydrogen-bond acceptors (Lipinski definition) is 3. The molecule has 1 unspecified atom stereocenters. The second-order valence-corrected chi connectivity index (χ2v) is 7.40. The van der Waals surface area contributed by atoms with Crippen LogP contribution in [0.2, 0.25) is 0 Å². The molecule has 7 heteroatoms. The summed E-state index contributed by atoms with van der Waals surface area (Å²) in [4.78, 5) is 24.7. The first kappa shape index (κ1) is 19.4. The van der Waals surface area contributed by atoms with Gasteiger partial charge in [-0.2, -0.15) is 0 Å². The second-order valence-electron chi connectivity index (χ2n) is 6.48. The molecule has 0 aromatic heterocycles. The summed E-state index contributed by atoms with van der Waals surface area (Å²) in [6, 6.07) is 4.79. The summed E-state index contributed by atoms with van der Waals surface area (Å²) in [6.45, 7) is 6.62. The monoisotopic (exact) mass is 386 g/mol. The van der Waals surface area contributed by atoms with Gasteiger partial charge in [0.05, 0.1) is 12.6 Å². The van der Waals surface area contributed by atoms with Crippen LogP contribution in [0.5, 0.6) is 0 Å². The van der Waals surface area contributed by atoms with E-state index in [0.717, 1.165) is 14.9 Å². The van der Waals surface area contributed by atoms with Crippen LogP contribution in [0.4, 0.5) is 10.5 Å². The molecule has 0 aliphatic heterocycles. The van der Waals surface area contributed by atoms with Crippen LogP contribution in [0.1, 0.15) is 26.3 Å². The predicted octanol–water partition coefficient (Wildman–Crippen LogP) is 3.08. The maximum absolute atomic E-state index is 12.2. The highest BCUT2D eigenvalue weighted by Gasteiger charge is 2.34. The Morgan fingerprint density at radius 2 is 1.96 bits per heavy atom. The number of carbonyl (C=O) groups excluding carboxylic acids is 1. The van der Waals surface area contributed by atoms with Crippen LogP contribution in [0.15, 0.2) is 22.7 Å². The quantitative estimate of drug-likeness (QED) is 0.724. The van der Waals surface area contributed by atoms with Crippen LogP contribution in [-0.2, 0) is 4.79 Å². The van der Waals surface area contributed by atoms with Crippen molar-refractivity contribution in [2.75, 3.05) is 18.5 Å². The maximum Gasteiger partial charge on any atom is 0.408 e. The molecule has 0 aliphatic carbocycles. The summed E-state index contributed by atoms with van der Waals surface area (Å²) in [7, 11) is 0. The Labute approximate surface area is 144 Å². The Balaban J connectivity index is 2.90. The lowest BCUT2D eigenvalue weighted by Gasteiger charge is -2.37. The number of rotatable bonds is 5. The molecule has 0 spiro atoms. The van der Waals surface area contributed by atoms with E-state index in [2.05, 4.69) is 21.2 Å². The Kier molecular flexibility index (Phi) is 6.58. The number of anilines is 1. The van der Waals surface area contributed by atoms with Gasteiger partial charge in [0.1, 0.15) is 6.54 Å². The maximum atomic E-state index is 12.2. The number of nitrogens with one attached hydrogen (secondary N) is 1. The smallest absolute Gasteiger partial charge is 0.408 e. The van der Waals surface area contributed by atoms with Gasteiger partial charge in [-0.3, -0.25) is 9.69 Å². The van der Waals surface area contributed by atoms with Crippen molar-refractivity contribution in [3.05, 3.63) is 28.2 Å². The predicted molar refractivity (Wildman–Crippen MR) is 92.6 cm³/mol. The minimum atomic E-state index is -1.24. The minimum absolute atomic E-state index is 0.343. The van der Waals surface area contributed by atoms with E-state index in [4.69, 9.17) is 0 Å². The number of halogens is 1. The normalized spacial score (nSPS) is 12.6.